The summed E-state index contributed by atoms with van der Waals surface area (Å²) < 4.78 is 4.45. The third-order valence-corrected chi connectivity index (χ3v) is 2.76. The lowest BCUT2D eigenvalue weighted by atomic mass is 10.2. The molecule has 7 heteroatoms. The summed E-state index contributed by atoms with van der Waals surface area (Å²) in [5, 5.41) is 2.53. The molecule has 17 heavy (non-hydrogen) atoms. The molecule has 1 heterocycles. The van der Waals surface area contributed by atoms with E-state index in [2.05, 4.69) is 10.1 Å². The fraction of sp³-hybridized carbons (Fsp3) is 0.700. The van der Waals surface area contributed by atoms with Gasteiger partial charge in [-0.25, -0.2) is 4.79 Å². The van der Waals surface area contributed by atoms with Gasteiger partial charge < -0.3 is 20.7 Å². The molecule has 96 valence electrons. The monoisotopic (exact) mass is 243 g/mol. The normalized spacial score (nSPS) is 21.2. The van der Waals surface area contributed by atoms with Crippen LogP contribution in [0.15, 0.2) is 0 Å². The van der Waals surface area contributed by atoms with Crippen molar-refractivity contribution in [2.75, 3.05) is 13.7 Å². The summed E-state index contributed by atoms with van der Waals surface area (Å²) in [5.41, 5.74) is 5.22. The Balaban J connectivity index is 2.63. The second-order valence-corrected chi connectivity index (χ2v) is 3.91. The molecule has 1 unspecified atom stereocenters. The van der Waals surface area contributed by atoms with E-state index in [4.69, 9.17) is 5.73 Å². The van der Waals surface area contributed by atoms with E-state index >= 15 is 0 Å². The van der Waals surface area contributed by atoms with Crippen molar-refractivity contribution in [2.45, 2.75) is 31.8 Å². The number of likely N-dealkylation sites (tertiary alicyclic amines) is 1. The second-order valence-electron chi connectivity index (χ2n) is 3.91. The van der Waals surface area contributed by atoms with Crippen LogP contribution in [0.25, 0.3) is 0 Å². The van der Waals surface area contributed by atoms with Crippen molar-refractivity contribution in [1.29, 1.82) is 0 Å². The van der Waals surface area contributed by atoms with Crippen LogP contribution in [0.3, 0.4) is 0 Å². The predicted molar refractivity (Wildman–Crippen MR) is 58.9 cm³/mol. The van der Waals surface area contributed by atoms with Gasteiger partial charge in [0.2, 0.25) is 11.8 Å². The molecule has 0 spiro atoms. The van der Waals surface area contributed by atoms with Crippen LogP contribution in [-0.2, 0) is 14.3 Å². The Hall–Kier alpha value is -1.79. The molecular weight excluding hydrogens is 226 g/mol. The molecule has 2 atom stereocenters. The highest BCUT2D eigenvalue weighted by Gasteiger charge is 2.36. The van der Waals surface area contributed by atoms with E-state index in [1.165, 1.54) is 12.0 Å². The zero-order valence-corrected chi connectivity index (χ0v) is 9.93. The van der Waals surface area contributed by atoms with Gasteiger partial charge in [-0.05, 0) is 6.42 Å². The van der Waals surface area contributed by atoms with Gasteiger partial charge in [-0.15, -0.1) is 0 Å². The first-order chi connectivity index (χ1) is 7.99. The number of ether oxygens (including phenoxy) is 1. The maximum Gasteiger partial charge on any atom is 0.407 e. The van der Waals surface area contributed by atoms with Gasteiger partial charge in [-0.1, -0.05) is 6.92 Å². The fourth-order valence-electron chi connectivity index (χ4n) is 1.93. The SMILES string of the molecule is CC[C@H](C(N)=O)N1CC(NC(=O)OC)CC1=O. The molecule has 0 aromatic heterocycles. The molecule has 0 aromatic carbocycles. The Labute approximate surface area is 99.3 Å². The van der Waals surface area contributed by atoms with Gasteiger partial charge in [0, 0.05) is 13.0 Å². The van der Waals surface area contributed by atoms with E-state index in [0.717, 1.165) is 0 Å². The van der Waals surface area contributed by atoms with Crippen molar-refractivity contribution in [3.05, 3.63) is 0 Å². The van der Waals surface area contributed by atoms with Gasteiger partial charge in [0.1, 0.15) is 6.04 Å². The van der Waals surface area contributed by atoms with Crippen LogP contribution in [0, 0.1) is 0 Å². The Bertz CT molecular complexity index is 332. The Morgan fingerprint density at radius 3 is 2.76 bits per heavy atom. The summed E-state index contributed by atoms with van der Waals surface area (Å²) in [7, 11) is 1.25. The van der Waals surface area contributed by atoms with Gasteiger partial charge in [0.15, 0.2) is 0 Å². The highest BCUT2D eigenvalue weighted by atomic mass is 16.5. The molecule has 7 nitrogen and oxygen atoms in total. The largest absolute Gasteiger partial charge is 0.453 e. The molecule has 0 radical (unpaired) electrons. The van der Waals surface area contributed by atoms with Crippen molar-refractivity contribution in [2.24, 2.45) is 5.73 Å². The van der Waals surface area contributed by atoms with Crippen LogP contribution in [0.1, 0.15) is 19.8 Å². The van der Waals surface area contributed by atoms with Gasteiger partial charge in [-0.2, -0.15) is 0 Å². The van der Waals surface area contributed by atoms with E-state index in [-0.39, 0.29) is 24.9 Å². The lowest BCUT2D eigenvalue weighted by Crippen LogP contribution is -2.46. The second kappa shape index (κ2) is 5.51. The van der Waals surface area contributed by atoms with Gasteiger partial charge in [0.05, 0.1) is 13.2 Å². The number of hydrogen-bond acceptors (Lipinski definition) is 4. The number of nitrogens with one attached hydrogen (secondary N) is 1. The molecular formula is C10H17N3O4. The average molecular weight is 243 g/mol. The molecule has 1 fully saturated rings. The van der Waals surface area contributed by atoms with Crippen molar-refractivity contribution in [3.63, 3.8) is 0 Å². The van der Waals surface area contributed by atoms with Gasteiger partial charge >= 0.3 is 6.09 Å². The van der Waals surface area contributed by atoms with E-state index in [0.29, 0.717) is 6.42 Å². The van der Waals surface area contributed by atoms with Crippen LogP contribution >= 0.6 is 0 Å². The third-order valence-electron chi connectivity index (χ3n) is 2.76. The number of rotatable bonds is 4. The average Bonchev–Trinajstić information content (AvgIpc) is 2.60. The lowest BCUT2D eigenvalue weighted by molar-refractivity contribution is -0.136. The topological polar surface area (TPSA) is 102 Å². The molecule has 1 aliphatic heterocycles. The van der Waals surface area contributed by atoms with E-state index in [9.17, 15) is 14.4 Å². The molecule has 0 aromatic rings. The number of carbonyl (C=O) groups excluding carboxylic acids is 3. The number of alkyl carbamates (subject to hydrolysis) is 1. The number of hydrogen-bond donors (Lipinski definition) is 2. The quantitative estimate of drug-likeness (QED) is 0.675. The molecule has 1 saturated heterocycles. The fourth-order valence-corrected chi connectivity index (χ4v) is 1.93. The first kappa shape index (κ1) is 13.3. The number of carbonyl (C=O) groups is 3. The molecule has 3 N–H and O–H groups in total. The smallest absolute Gasteiger partial charge is 0.407 e. The minimum absolute atomic E-state index is 0.166. The summed E-state index contributed by atoms with van der Waals surface area (Å²) in [6.07, 6.45) is 0.0435. The molecule has 1 rings (SSSR count). The van der Waals surface area contributed by atoms with Crippen LogP contribution in [0.4, 0.5) is 4.79 Å². The Morgan fingerprint density at radius 2 is 2.29 bits per heavy atom. The molecule has 3 amide bonds. The summed E-state index contributed by atoms with van der Waals surface area (Å²) in [6, 6.07) is -0.935. The van der Waals surface area contributed by atoms with Crippen molar-refractivity contribution < 1.29 is 19.1 Å². The maximum absolute atomic E-state index is 11.7. The molecule has 0 aliphatic carbocycles. The highest BCUT2D eigenvalue weighted by molar-refractivity contribution is 5.88. The number of primary amides is 1. The van der Waals surface area contributed by atoms with Crippen LogP contribution in [-0.4, -0.2) is 48.5 Å². The molecule has 0 bridgehead atoms. The number of nitrogens with zero attached hydrogens (tertiary/aromatic N) is 1. The summed E-state index contributed by atoms with van der Waals surface area (Å²) >= 11 is 0. The minimum atomic E-state index is -0.605. The van der Waals surface area contributed by atoms with E-state index in [1.54, 1.807) is 6.92 Å². The summed E-state index contributed by atoms with van der Waals surface area (Å²) in [4.78, 5) is 35.3. The first-order valence-electron chi connectivity index (χ1n) is 5.42. The molecule has 0 saturated carbocycles. The third kappa shape index (κ3) is 3.08. The van der Waals surface area contributed by atoms with Crippen molar-refractivity contribution in [3.8, 4) is 0 Å². The number of amides is 3. The minimum Gasteiger partial charge on any atom is -0.453 e. The Morgan fingerprint density at radius 1 is 1.65 bits per heavy atom. The van der Waals surface area contributed by atoms with E-state index in [1.807, 2.05) is 0 Å². The standard InChI is InChI=1S/C10H17N3O4/c1-3-7(9(11)15)13-5-6(4-8(13)14)12-10(16)17-2/h6-7H,3-5H2,1-2H3,(H2,11,15)(H,12,16)/t6?,7-/m1/s1. The number of nitrogens with two attached hydrogens (primary N) is 1. The van der Waals surface area contributed by atoms with Crippen molar-refractivity contribution in [1.82, 2.24) is 10.2 Å². The van der Waals surface area contributed by atoms with Crippen LogP contribution in [0.2, 0.25) is 0 Å². The van der Waals surface area contributed by atoms with Gasteiger partial charge in [-0.3, -0.25) is 9.59 Å². The zero-order valence-electron chi connectivity index (χ0n) is 9.93. The van der Waals surface area contributed by atoms with Crippen LogP contribution < -0.4 is 11.1 Å². The number of methoxy groups -OCH3 is 1. The summed E-state index contributed by atoms with van der Waals surface area (Å²) in [6.45, 7) is 2.07. The zero-order chi connectivity index (χ0) is 13.0. The lowest BCUT2D eigenvalue weighted by Gasteiger charge is -2.24. The predicted octanol–water partition coefficient (Wildman–Crippen LogP) is -0.793. The Kier molecular flexibility index (Phi) is 4.30. The van der Waals surface area contributed by atoms with Gasteiger partial charge in [0.25, 0.3) is 0 Å². The van der Waals surface area contributed by atoms with Crippen LogP contribution in [0.5, 0.6) is 0 Å². The van der Waals surface area contributed by atoms with E-state index < -0.39 is 18.0 Å². The maximum atomic E-state index is 11.7. The summed E-state index contributed by atoms with van der Waals surface area (Å²) in [5.74, 6) is -0.711. The molecule has 1 aliphatic rings. The van der Waals surface area contributed by atoms with Crippen molar-refractivity contribution >= 4 is 17.9 Å². The first-order valence-corrected chi connectivity index (χ1v) is 5.42. The highest BCUT2D eigenvalue weighted by Crippen LogP contribution is 2.16.